The van der Waals surface area contributed by atoms with Crippen LogP contribution >= 0.6 is 0 Å². The first-order valence-electron chi connectivity index (χ1n) is 21.4. The lowest BCUT2D eigenvalue weighted by Gasteiger charge is -2.44. The summed E-state index contributed by atoms with van der Waals surface area (Å²) in [4.78, 5) is 57.2. The normalized spacial score (nSPS) is 24.0. The van der Waals surface area contributed by atoms with Gasteiger partial charge in [0.25, 0.3) is 0 Å². The Bertz CT molecular complexity index is 1390. The van der Waals surface area contributed by atoms with Crippen LogP contribution in [-0.2, 0) is 19.2 Å². The number of nitrogens with zero attached hydrogens (tertiary/aromatic N) is 1. The molecule has 1 aliphatic heterocycles. The maximum Gasteiger partial charge on any atom is 0.246 e. The Morgan fingerprint density at radius 2 is 1.55 bits per heavy atom. The highest BCUT2D eigenvalue weighted by Crippen LogP contribution is 2.65. The molecule has 0 spiro atoms. The zero-order valence-corrected chi connectivity index (χ0v) is 35.1. The lowest BCUT2D eigenvalue weighted by atomic mass is 9.70. The summed E-state index contributed by atoms with van der Waals surface area (Å²) in [5.74, 6) is 3.05. The summed E-state index contributed by atoms with van der Waals surface area (Å²) in [6, 6.07) is -2.13. The molecule has 0 bridgehead atoms. The molecule has 3 aliphatic carbocycles. The van der Waals surface area contributed by atoms with Gasteiger partial charge in [-0.15, -0.1) is 18.9 Å². The largest absolute Gasteiger partial charge is 0.379 e. The third-order valence-corrected chi connectivity index (χ3v) is 12.9. The minimum Gasteiger partial charge on any atom is -0.379 e. The van der Waals surface area contributed by atoms with Crippen molar-refractivity contribution in [1.82, 2.24) is 31.5 Å². The molecule has 4 rings (SSSR count). The number of fused-ring (bicyclic) bond motifs is 1. The molecule has 10 heteroatoms. The Kier molecular flexibility index (Phi) is 17.9. The Hall–Kier alpha value is -3.74. The number of Topliss-reactive ketones (excluding diaryl/α,β-unsaturated/α-hetero) is 1. The average Bonchev–Trinajstić information content (AvgIpc) is 3.60. The molecule has 0 aromatic rings. The minimum absolute atomic E-state index is 0.0213. The molecular weight excluding hydrogens is 689 g/mol. The van der Waals surface area contributed by atoms with Crippen molar-refractivity contribution < 1.29 is 19.2 Å². The zero-order chi connectivity index (χ0) is 40.8. The number of likely N-dealkylation sites (tertiary alicyclic amines) is 1. The van der Waals surface area contributed by atoms with Gasteiger partial charge in [-0.3, -0.25) is 19.2 Å². The van der Waals surface area contributed by atoms with Gasteiger partial charge in [0, 0.05) is 38.5 Å². The maximum absolute atomic E-state index is 15.1. The van der Waals surface area contributed by atoms with Crippen molar-refractivity contribution in [3.63, 3.8) is 0 Å². The predicted molar refractivity (Wildman–Crippen MR) is 223 cm³/mol. The third kappa shape index (κ3) is 11.9. The maximum atomic E-state index is 15.1. The van der Waals surface area contributed by atoms with Crippen LogP contribution in [0, 0.1) is 40.9 Å². The van der Waals surface area contributed by atoms with Crippen LogP contribution in [0.3, 0.4) is 0 Å². The van der Waals surface area contributed by atoms with Crippen molar-refractivity contribution in [2.75, 3.05) is 19.6 Å². The molecule has 5 unspecified atom stereocenters. The molecule has 0 radical (unpaired) electrons. The van der Waals surface area contributed by atoms with Crippen LogP contribution in [0.4, 0.5) is 0 Å². The first-order chi connectivity index (χ1) is 26.3. The van der Waals surface area contributed by atoms with Gasteiger partial charge in [0.2, 0.25) is 17.7 Å². The van der Waals surface area contributed by atoms with Crippen LogP contribution < -0.4 is 26.6 Å². The van der Waals surface area contributed by atoms with Gasteiger partial charge in [0.05, 0.1) is 17.6 Å². The second-order valence-corrected chi connectivity index (χ2v) is 17.0. The van der Waals surface area contributed by atoms with Crippen molar-refractivity contribution >= 4 is 23.5 Å². The number of hydrogen-bond donors (Lipinski definition) is 5. The fourth-order valence-electron chi connectivity index (χ4n) is 9.56. The number of rotatable bonds is 20. The summed E-state index contributed by atoms with van der Waals surface area (Å²) >= 11 is 0. The molecule has 55 heavy (non-hydrogen) atoms. The molecule has 0 aromatic carbocycles. The number of carbonyl (C=O) groups is 4. The summed E-state index contributed by atoms with van der Waals surface area (Å²) in [5, 5.41) is 16.2. The van der Waals surface area contributed by atoms with Crippen LogP contribution in [0.15, 0.2) is 37.3 Å². The summed E-state index contributed by atoms with van der Waals surface area (Å²) in [6.07, 6.45) is 20.9. The van der Waals surface area contributed by atoms with E-state index < -0.39 is 18.1 Å². The molecule has 308 valence electrons. The van der Waals surface area contributed by atoms with Crippen molar-refractivity contribution in [2.45, 2.75) is 162 Å². The summed E-state index contributed by atoms with van der Waals surface area (Å²) in [6.45, 7) is 25.9. The predicted octanol–water partition coefficient (Wildman–Crippen LogP) is 6.50. The van der Waals surface area contributed by atoms with E-state index in [-0.39, 0.29) is 64.3 Å². The summed E-state index contributed by atoms with van der Waals surface area (Å²) in [5.41, 5.74) is -0.266. The highest BCUT2D eigenvalue weighted by molar-refractivity contribution is 6.01. The monoisotopic (exact) mass is 763 g/mol. The van der Waals surface area contributed by atoms with Gasteiger partial charge in [-0.1, -0.05) is 98.8 Å². The highest BCUT2D eigenvalue weighted by atomic mass is 16.2. The second-order valence-electron chi connectivity index (χ2n) is 17.0. The smallest absolute Gasteiger partial charge is 0.246 e. The second kappa shape index (κ2) is 21.5. The van der Waals surface area contributed by atoms with Crippen LogP contribution in [0.25, 0.3) is 0 Å². The Morgan fingerprint density at radius 1 is 0.909 bits per heavy atom. The Morgan fingerprint density at radius 3 is 2.15 bits per heavy atom. The fraction of sp³-hybridized carbons (Fsp3) is 0.733. The van der Waals surface area contributed by atoms with Crippen LogP contribution in [-0.4, -0.2) is 72.2 Å². The number of amides is 3. The van der Waals surface area contributed by atoms with E-state index in [4.69, 9.17) is 6.42 Å². The molecule has 3 saturated carbocycles. The van der Waals surface area contributed by atoms with Crippen molar-refractivity contribution in [3.8, 4) is 12.3 Å². The van der Waals surface area contributed by atoms with Gasteiger partial charge in [-0.25, -0.2) is 0 Å². The summed E-state index contributed by atoms with van der Waals surface area (Å²) < 4.78 is 0. The molecule has 1 saturated heterocycles. The Labute approximate surface area is 333 Å². The number of carbonyl (C=O) groups excluding carboxylic acids is 4. The van der Waals surface area contributed by atoms with Crippen molar-refractivity contribution in [3.05, 3.63) is 37.3 Å². The third-order valence-electron chi connectivity index (χ3n) is 12.9. The molecule has 0 aromatic heterocycles. The lowest BCUT2D eigenvalue weighted by molar-refractivity contribution is -0.145. The van der Waals surface area contributed by atoms with Gasteiger partial charge in [-0.05, 0) is 74.0 Å². The van der Waals surface area contributed by atoms with Crippen molar-refractivity contribution in [2.24, 2.45) is 28.6 Å². The van der Waals surface area contributed by atoms with Gasteiger partial charge in [0.15, 0.2) is 5.78 Å². The van der Waals surface area contributed by atoms with Crippen LogP contribution in [0.2, 0.25) is 0 Å². The molecule has 10 nitrogen and oxygen atoms in total. The highest BCUT2D eigenvalue weighted by Gasteiger charge is 2.70. The van der Waals surface area contributed by atoms with E-state index in [1.165, 1.54) is 25.7 Å². The number of piperidine rings is 1. The van der Waals surface area contributed by atoms with E-state index in [1.807, 2.05) is 20.8 Å². The molecule has 3 amide bonds. The number of ketones is 1. The zero-order valence-electron chi connectivity index (χ0n) is 35.1. The van der Waals surface area contributed by atoms with Gasteiger partial charge in [0.1, 0.15) is 12.1 Å². The number of terminal acetylenes is 1. The van der Waals surface area contributed by atoms with E-state index in [2.05, 4.69) is 73.0 Å². The quantitative estimate of drug-likeness (QED) is 0.0415. The number of nitrogens with one attached hydrogen (secondary N) is 5. The molecule has 4 fully saturated rings. The first kappa shape index (κ1) is 45.6. The molecular formula is C45H74N6O4. The van der Waals surface area contributed by atoms with Crippen LogP contribution in [0.5, 0.6) is 0 Å². The standard InChI is InChI=1S/C43H68N6O4.C2H6/c1-9-12-22-34(38(51)29(4)45-27-10-2)48-40(52)37-36-32(42(36,6)7)28-49(37)41(53)39(43(8)25-18-15-19-26-43)47-30(5)46-33(23-24-35(50)44-11-3)31-20-16-13-14-17-21-31;1-2/h1,10,31-34,36-37,39,45-47H,2,4-5,11-28H2,3,6-8H3,(H,44,50)(H,48,52);1-2H3/t32-,33?,34?,36?,37?,39?;/m0./s1. The van der Waals surface area contributed by atoms with E-state index >= 15 is 4.79 Å². The molecule has 5 N–H and O–H groups in total. The number of hydrogen-bond acceptors (Lipinski definition) is 7. The molecule has 6 atom stereocenters. The van der Waals surface area contributed by atoms with Gasteiger partial charge >= 0.3 is 0 Å². The average molecular weight is 763 g/mol. The first-order valence-corrected chi connectivity index (χ1v) is 21.4. The minimum atomic E-state index is -0.865. The van der Waals surface area contributed by atoms with E-state index in [1.54, 1.807) is 11.0 Å². The van der Waals surface area contributed by atoms with E-state index in [0.717, 1.165) is 44.9 Å². The molecule has 4 aliphatic rings. The summed E-state index contributed by atoms with van der Waals surface area (Å²) in [7, 11) is 0. The SMILES string of the molecule is C#CCCC(NC(=O)C1C2[C@H](CN1C(=O)C(NC(=C)NC(CCC(=O)NCC)C1CCCCCC1)C1(C)CCCCC1)C2(C)C)C(=O)C(=C)NCC=C.CC. The van der Waals surface area contributed by atoms with E-state index in [9.17, 15) is 14.4 Å². The van der Waals surface area contributed by atoms with Gasteiger partial charge < -0.3 is 31.5 Å². The van der Waals surface area contributed by atoms with E-state index in [0.29, 0.717) is 50.6 Å². The van der Waals surface area contributed by atoms with Crippen LogP contribution in [0.1, 0.15) is 138 Å². The lowest BCUT2D eigenvalue weighted by Crippen LogP contribution is -2.61. The van der Waals surface area contributed by atoms with Gasteiger partial charge in [-0.2, -0.15) is 0 Å². The van der Waals surface area contributed by atoms with Crippen molar-refractivity contribution in [1.29, 1.82) is 0 Å². The Balaban J connectivity index is 0.00000399. The topological polar surface area (TPSA) is 132 Å². The molecule has 1 heterocycles. The fourth-order valence-corrected chi connectivity index (χ4v) is 9.56.